The van der Waals surface area contributed by atoms with E-state index in [1.807, 2.05) is 0 Å². The van der Waals surface area contributed by atoms with Crippen LogP contribution in [0, 0.1) is 0 Å². The molecular formula is C27H29ClN2O5S. The molecule has 2 amide bonds. The van der Waals surface area contributed by atoms with Crippen LogP contribution in [0.25, 0.3) is 0 Å². The van der Waals surface area contributed by atoms with E-state index in [0.717, 1.165) is 5.56 Å². The van der Waals surface area contributed by atoms with Crippen molar-refractivity contribution in [2.24, 2.45) is 0 Å². The van der Waals surface area contributed by atoms with Crippen LogP contribution in [0.4, 0.5) is 5.69 Å². The number of hydrogen-bond acceptors (Lipinski definition) is 5. The highest BCUT2D eigenvalue weighted by Crippen LogP contribution is 2.26. The van der Waals surface area contributed by atoms with Crippen molar-refractivity contribution in [2.45, 2.75) is 37.3 Å². The number of hydrogen-bond donors (Lipinski definition) is 2. The first-order chi connectivity index (χ1) is 17.0. The van der Waals surface area contributed by atoms with Crippen molar-refractivity contribution >= 4 is 38.9 Å². The van der Waals surface area contributed by atoms with E-state index in [1.165, 1.54) is 17.0 Å². The van der Waals surface area contributed by atoms with E-state index in [1.54, 1.807) is 81.6 Å². The number of rotatable bonds is 9. The van der Waals surface area contributed by atoms with Gasteiger partial charge in [-0.25, -0.2) is 8.42 Å². The number of sulfone groups is 1. The van der Waals surface area contributed by atoms with E-state index in [0.29, 0.717) is 21.8 Å². The molecule has 36 heavy (non-hydrogen) atoms. The van der Waals surface area contributed by atoms with Gasteiger partial charge in [0.15, 0.2) is 9.84 Å². The van der Waals surface area contributed by atoms with Gasteiger partial charge in [-0.05, 0) is 66.6 Å². The van der Waals surface area contributed by atoms with E-state index in [2.05, 4.69) is 5.32 Å². The second-order valence-corrected chi connectivity index (χ2v) is 11.2. The summed E-state index contributed by atoms with van der Waals surface area (Å²) in [5.41, 5.74) is 2.37. The van der Waals surface area contributed by atoms with Crippen LogP contribution >= 0.6 is 11.6 Å². The zero-order chi connectivity index (χ0) is 26.5. The van der Waals surface area contributed by atoms with E-state index in [9.17, 15) is 23.1 Å². The van der Waals surface area contributed by atoms with Gasteiger partial charge < -0.3 is 15.3 Å². The Morgan fingerprint density at radius 2 is 1.56 bits per heavy atom. The van der Waals surface area contributed by atoms with Crippen LogP contribution in [0.2, 0.25) is 5.02 Å². The number of carbonyl (C=O) groups excluding carboxylic acids is 2. The molecule has 9 heteroatoms. The van der Waals surface area contributed by atoms with E-state index in [-0.39, 0.29) is 28.9 Å². The van der Waals surface area contributed by atoms with Crippen molar-refractivity contribution in [1.82, 2.24) is 4.90 Å². The summed E-state index contributed by atoms with van der Waals surface area (Å²) >= 11 is 5.96. The molecule has 0 saturated carbocycles. The third kappa shape index (κ3) is 6.72. The van der Waals surface area contributed by atoms with Gasteiger partial charge >= 0.3 is 0 Å². The van der Waals surface area contributed by atoms with E-state index >= 15 is 0 Å². The average Bonchev–Trinajstić information content (AvgIpc) is 2.85. The molecule has 3 rings (SSSR count). The minimum atomic E-state index is -3.29. The number of aliphatic hydroxyl groups is 1. The van der Waals surface area contributed by atoms with Crippen molar-refractivity contribution in [1.29, 1.82) is 0 Å². The van der Waals surface area contributed by atoms with Gasteiger partial charge in [-0.3, -0.25) is 9.59 Å². The van der Waals surface area contributed by atoms with E-state index in [4.69, 9.17) is 11.6 Å². The van der Waals surface area contributed by atoms with E-state index < -0.39 is 22.0 Å². The number of amides is 2. The van der Waals surface area contributed by atoms with Crippen LogP contribution in [0.1, 0.15) is 41.4 Å². The molecule has 0 aliphatic carbocycles. The maximum absolute atomic E-state index is 13.1. The van der Waals surface area contributed by atoms with Gasteiger partial charge in [0.25, 0.3) is 5.91 Å². The molecule has 0 radical (unpaired) electrons. The van der Waals surface area contributed by atoms with Crippen LogP contribution in [0.3, 0.4) is 0 Å². The fourth-order valence-corrected chi connectivity index (χ4v) is 4.89. The van der Waals surface area contributed by atoms with Crippen LogP contribution in [-0.2, 0) is 21.1 Å². The molecule has 0 spiro atoms. The third-order valence-electron chi connectivity index (χ3n) is 5.85. The smallest absolute Gasteiger partial charge is 0.254 e. The maximum atomic E-state index is 13.1. The van der Waals surface area contributed by atoms with Crippen LogP contribution in [0.15, 0.2) is 77.7 Å². The number of benzene rings is 3. The normalized spacial score (nSPS) is 13.0. The van der Waals surface area contributed by atoms with Gasteiger partial charge in [0.2, 0.25) is 5.91 Å². The van der Waals surface area contributed by atoms with Gasteiger partial charge in [-0.2, -0.15) is 0 Å². The number of halogens is 1. The number of anilines is 1. The van der Waals surface area contributed by atoms with Crippen LogP contribution in [-0.4, -0.2) is 49.1 Å². The third-order valence-corrected chi connectivity index (χ3v) is 7.85. The molecule has 0 saturated heterocycles. The average molecular weight is 529 g/mol. The lowest BCUT2D eigenvalue weighted by Gasteiger charge is -2.31. The highest BCUT2D eigenvalue weighted by Gasteiger charge is 2.27. The maximum Gasteiger partial charge on any atom is 0.254 e. The molecular weight excluding hydrogens is 500 g/mol. The lowest BCUT2D eigenvalue weighted by atomic mass is 10.00. The first kappa shape index (κ1) is 27.4. The predicted molar refractivity (Wildman–Crippen MR) is 141 cm³/mol. The molecule has 7 nitrogen and oxygen atoms in total. The molecule has 0 aliphatic rings. The van der Waals surface area contributed by atoms with Crippen molar-refractivity contribution < 1.29 is 23.1 Å². The zero-order valence-corrected chi connectivity index (χ0v) is 21.9. The molecule has 0 fully saturated rings. The zero-order valence-electron chi connectivity index (χ0n) is 20.3. The number of carbonyl (C=O) groups is 2. The first-order valence-corrected chi connectivity index (χ1v) is 13.5. The van der Waals surface area contributed by atoms with Crippen molar-refractivity contribution in [3.63, 3.8) is 0 Å². The molecule has 2 N–H and O–H groups in total. The Morgan fingerprint density at radius 1 is 0.972 bits per heavy atom. The molecule has 0 heterocycles. The predicted octanol–water partition coefficient (Wildman–Crippen LogP) is 4.51. The van der Waals surface area contributed by atoms with Crippen molar-refractivity contribution in [3.8, 4) is 0 Å². The largest absolute Gasteiger partial charge is 0.391 e. The highest BCUT2D eigenvalue weighted by atomic mass is 35.5. The van der Waals surface area contributed by atoms with Crippen molar-refractivity contribution in [2.75, 3.05) is 18.1 Å². The van der Waals surface area contributed by atoms with Gasteiger partial charge in [0, 0.05) is 23.3 Å². The molecule has 3 aromatic carbocycles. The highest BCUT2D eigenvalue weighted by molar-refractivity contribution is 7.91. The Kier molecular flexibility index (Phi) is 8.89. The van der Waals surface area contributed by atoms with Gasteiger partial charge in [0.1, 0.15) is 0 Å². The lowest BCUT2D eigenvalue weighted by molar-refractivity contribution is -0.115. The summed E-state index contributed by atoms with van der Waals surface area (Å²) in [4.78, 5) is 27.2. The molecule has 190 valence electrons. The minimum absolute atomic E-state index is 0.0158. The second-order valence-electron chi connectivity index (χ2n) is 8.50. The Bertz CT molecular complexity index is 1310. The van der Waals surface area contributed by atoms with Gasteiger partial charge in [-0.15, -0.1) is 0 Å². The monoisotopic (exact) mass is 528 g/mol. The Morgan fingerprint density at radius 3 is 2.08 bits per heavy atom. The second kappa shape index (κ2) is 11.7. The molecule has 2 atom stereocenters. The SMILES string of the molecule is CCS(=O)(=O)c1ccc(CC(=O)Nc2ccc(C(=O)N(C)[C@@H](c3ccc(Cl)cc3)[C@H](C)O)cc2)cc1. The first-order valence-electron chi connectivity index (χ1n) is 11.4. The molecule has 3 aromatic rings. The summed E-state index contributed by atoms with van der Waals surface area (Å²) < 4.78 is 23.8. The Hall–Kier alpha value is -3.20. The fourth-order valence-electron chi connectivity index (χ4n) is 3.88. The standard InChI is InChI=1S/C27H29ClN2O5S/c1-4-36(34,35)24-15-5-19(6-16-24)17-25(32)29-23-13-9-21(10-14-23)27(33)30(3)26(18(2)31)20-7-11-22(28)12-8-20/h5-16,18,26,31H,4,17H2,1-3H3,(H,29,32)/t18-,26+/m0/s1. The summed E-state index contributed by atoms with van der Waals surface area (Å²) in [6, 6.07) is 19.2. The summed E-state index contributed by atoms with van der Waals surface area (Å²) in [5, 5.41) is 13.7. The van der Waals surface area contributed by atoms with Gasteiger partial charge in [0.05, 0.1) is 29.2 Å². The quantitative estimate of drug-likeness (QED) is 0.425. The fraction of sp³-hybridized carbons (Fsp3) is 0.259. The summed E-state index contributed by atoms with van der Waals surface area (Å²) in [7, 11) is -1.66. The number of nitrogens with zero attached hydrogens (tertiary/aromatic N) is 1. The topological polar surface area (TPSA) is 104 Å². The summed E-state index contributed by atoms with van der Waals surface area (Å²) in [6.07, 6.45) is -0.734. The molecule has 0 bridgehead atoms. The molecule has 0 aromatic heterocycles. The molecule has 0 unspecified atom stereocenters. The Labute approximate surface area is 216 Å². The summed E-state index contributed by atoms with van der Waals surface area (Å²) in [5.74, 6) is -0.535. The molecule has 0 aliphatic heterocycles. The summed E-state index contributed by atoms with van der Waals surface area (Å²) in [6.45, 7) is 3.21. The number of likely N-dealkylation sites (N-methyl/N-ethyl adjacent to an activating group) is 1. The van der Waals surface area contributed by atoms with Crippen molar-refractivity contribution in [3.05, 3.63) is 94.5 Å². The number of nitrogens with one attached hydrogen (secondary N) is 1. The lowest BCUT2D eigenvalue weighted by Crippen LogP contribution is -2.37. The van der Waals surface area contributed by atoms with Crippen LogP contribution in [0.5, 0.6) is 0 Å². The van der Waals surface area contributed by atoms with Crippen LogP contribution < -0.4 is 5.32 Å². The van der Waals surface area contributed by atoms with Gasteiger partial charge in [-0.1, -0.05) is 42.8 Å². The minimum Gasteiger partial charge on any atom is -0.391 e. The number of aliphatic hydroxyl groups excluding tert-OH is 1. The Balaban J connectivity index is 1.65.